The van der Waals surface area contributed by atoms with Crippen LogP contribution in [0.25, 0.3) is 0 Å². The summed E-state index contributed by atoms with van der Waals surface area (Å²) in [5, 5.41) is 15.2. The fourth-order valence-corrected chi connectivity index (χ4v) is 3.48. The average molecular weight is 376 g/mol. The smallest absolute Gasteiger partial charge is 0.155 e. The first-order chi connectivity index (χ1) is 12.5. The van der Waals surface area contributed by atoms with Crippen molar-refractivity contribution in [3.63, 3.8) is 0 Å². The molecule has 3 aromatic rings. The van der Waals surface area contributed by atoms with E-state index in [1.165, 1.54) is 6.07 Å². The molecule has 4 rings (SSSR count). The number of hydrogen-bond donors (Lipinski definition) is 1. The van der Waals surface area contributed by atoms with Gasteiger partial charge in [0.25, 0.3) is 0 Å². The summed E-state index contributed by atoms with van der Waals surface area (Å²) >= 11 is 5.87. The van der Waals surface area contributed by atoms with Gasteiger partial charge < -0.3 is 9.67 Å². The van der Waals surface area contributed by atoms with Crippen molar-refractivity contribution in [3.05, 3.63) is 70.3 Å². The van der Waals surface area contributed by atoms with E-state index in [-0.39, 0.29) is 5.02 Å². The molecule has 136 valence electrons. The van der Waals surface area contributed by atoms with Crippen molar-refractivity contribution in [2.75, 3.05) is 6.54 Å². The number of fused-ring (bicyclic) bond motifs is 1. The Kier molecular flexibility index (Phi) is 4.52. The molecule has 3 heterocycles. The number of rotatable bonds is 4. The average Bonchev–Trinajstić information content (AvgIpc) is 3.23. The van der Waals surface area contributed by atoms with Crippen LogP contribution in [0.4, 0.5) is 4.39 Å². The summed E-state index contributed by atoms with van der Waals surface area (Å²) in [4.78, 5) is 6.44. The zero-order chi connectivity index (χ0) is 18.3. The van der Waals surface area contributed by atoms with E-state index in [1.807, 2.05) is 17.8 Å². The van der Waals surface area contributed by atoms with E-state index in [0.29, 0.717) is 24.6 Å². The molecule has 26 heavy (non-hydrogen) atoms. The normalized spacial score (nSPS) is 15.8. The Bertz CT molecular complexity index is 938. The summed E-state index contributed by atoms with van der Waals surface area (Å²) in [6, 6.07) is 6.73. The predicted molar refractivity (Wildman–Crippen MR) is 95.0 cm³/mol. The van der Waals surface area contributed by atoms with E-state index in [0.717, 1.165) is 24.3 Å². The van der Waals surface area contributed by atoms with E-state index >= 15 is 0 Å². The molecule has 1 N–H and O–H groups in total. The molecule has 0 aliphatic carbocycles. The maximum absolute atomic E-state index is 13.3. The van der Waals surface area contributed by atoms with Gasteiger partial charge in [-0.05, 0) is 23.8 Å². The first kappa shape index (κ1) is 17.2. The van der Waals surface area contributed by atoms with Crippen molar-refractivity contribution >= 4 is 11.6 Å². The van der Waals surface area contributed by atoms with Gasteiger partial charge in [0, 0.05) is 39.1 Å². The van der Waals surface area contributed by atoms with Crippen LogP contribution in [-0.4, -0.2) is 35.9 Å². The predicted octanol–water partition coefficient (Wildman–Crippen LogP) is 2.51. The summed E-state index contributed by atoms with van der Waals surface area (Å²) in [6.07, 6.45) is 2.60. The molecule has 0 radical (unpaired) electrons. The summed E-state index contributed by atoms with van der Waals surface area (Å²) in [7, 11) is 1.84. The highest BCUT2D eigenvalue weighted by Gasteiger charge is 2.23. The minimum absolute atomic E-state index is 0.144. The third-order valence-corrected chi connectivity index (χ3v) is 4.96. The fourth-order valence-electron chi connectivity index (χ4n) is 3.28. The Hall–Kier alpha value is -2.22. The molecule has 1 aliphatic heterocycles. The lowest BCUT2D eigenvalue weighted by Gasteiger charge is -2.27. The van der Waals surface area contributed by atoms with E-state index < -0.39 is 11.9 Å². The molecule has 0 spiro atoms. The van der Waals surface area contributed by atoms with Crippen LogP contribution in [0.3, 0.4) is 0 Å². The Morgan fingerprint density at radius 2 is 2.15 bits per heavy atom. The SMILES string of the molecule is Cn1ccnc1C(O)c1cc2n(n1)CCN(Cc1ccc(F)c(Cl)c1)C2. The molecular formula is C18H19ClFN5O. The Labute approximate surface area is 155 Å². The lowest BCUT2D eigenvalue weighted by atomic mass is 10.1. The van der Waals surface area contributed by atoms with Crippen molar-refractivity contribution in [2.45, 2.75) is 25.7 Å². The third-order valence-electron chi connectivity index (χ3n) is 4.67. The Morgan fingerprint density at radius 1 is 1.31 bits per heavy atom. The van der Waals surface area contributed by atoms with Crippen molar-refractivity contribution in [2.24, 2.45) is 7.05 Å². The summed E-state index contributed by atoms with van der Waals surface area (Å²) in [5.74, 6) is 0.165. The molecular weight excluding hydrogens is 357 g/mol. The van der Waals surface area contributed by atoms with Crippen LogP contribution in [0, 0.1) is 5.82 Å². The zero-order valence-electron chi connectivity index (χ0n) is 14.3. The molecule has 1 aromatic carbocycles. The number of benzene rings is 1. The number of aryl methyl sites for hydroxylation is 1. The molecule has 1 atom stereocenters. The summed E-state index contributed by atoms with van der Waals surface area (Å²) in [5.41, 5.74) is 2.60. The highest BCUT2D eigenvalue weighted by atomic mass is 35.5. The third kappa shape index (κ3) is 3.25. The van der Waals surface area contributed by atoms with Gasteiger partial charge in [-0.3, -0.25) is 9.58 Å². The number of hydrogen-bond acceptors (Lipinski definition) is 4. The van der Waals surface area contributed by atoms with E-state index in [4.69, 9.17) is 11.6 Å². The van der Waals surface area contributed by atoms with Gasteiger partial charge in [-0.25, -0.2) is 9.37 Å². The van der Waals surface area contributed by atoms with Gasteiger partial charge in [0.05, 0.1) is 23.0 Å². The van der Waals surface area contributed by atoms with Gasteiger partial charge >= 0.3 is 0 Å². The van der Waals surface area contributed by atoms with Crippen LogP contribution in [0.2, 0.25) is 5.02 Å². The second kappa shape index (κ2) is 6.83. The molecule has 1 aliphatic rings. The molecule has 8 heteroatoms. The standard InChI is InChI=1S/C18H19ClFN5O/c1-23-5-4-21-18(23)17(26)16-9-13-11-24(6-7-25(13)22-16)10-12-2-3-15(20)14(19)8-12/h2-5,8-9,17,26H,6-7,10-11H2,1H3. The number of aromatic nitrogens is 4. The van der Waals surface area contributed by atoms with Gasteiger partial charge in [0.1, 0.15) is 11.6 Å². The minimum Gasteiger partial charge on any atom is -0.379 e. The molecule has 1 unspecified atom stereocenters. The van der Waals surface area contributed by atoms with Gasteiger partial charge in [0.15, 0.2) is 6.10 Å². The number of aliphatic hydroxyl groups excluding tert-OH is 1. The molecule has 0 bridgehead atoms. The summed E-state index contributed by atoms with van der Waals surface area (Å²) < 4.78 is 17.0. The highest BCUT2D eigenvalue weighted by molar-refractivity contribution is 6.30. The second-order valence-electron chi connectivity index (χ2n) is 6.54. The molecule has 0 saturated carbocycles. The van der Waals surface area contributed by atoms with Crippen LogP contribution in [-0.2, 0) is 26.7 Å². The topological polar surface area (TPSA) is 59.1 Å². The maximum Gasteiger partial charge on any atom is 0.155 e. The Balaban J connectivity index is 1.49. The van der Waals surface area contributed by atoms with E-state index in [9.17, 15) is 9.50 Å². The molecule has 0 amide bonds. The molecule has 0 saturated heterocycles. The lowest BCUT2D eigenvalue weighted by Crippen LogP contribution is -2.33. The first-order valence-electron chi connectivity index (χ1n) is 8.39. The molecule has 6 nitrogen and oxygen atoms in total. The first-order valence-corrected chi connectivity index (χ1v) is 8.77. The van der Waals surface area contributed by atoms with Crippen molar-refractivity contribution in [1.82, 2.24) is 24.2 Å². The number of nitrogens with zero attached hydrogens (tertiary/aromatic N) is 5. The fraction of sp³-hybridized carbons (Fsp3) is 0.333. The van der Waals surface area contributed by atoms with E-state index in [1.54, 1.807) is 29.1 Å². The van der Waals surface area contributed by atoms with Crippen LogP contribution in [0.15, 0.2) is 36.7 Å². The second-order valence-corrected chi connectivity index (χ2v) is 6.95. The largest absolute Gasteiger partial charge is 0.379 e. The van der Waals surface area contributed by atoms with Gasteiger partial charge in [0.2, 0.25) is 0 Å². The van der Waals surface area contributed by atoms with Gasteiger partial charge in [-0.15, -0.1) is 0 Å². The van der Waals surface area contributed by atoms with Crippen LogP contribution in [0.5, 0.6) is 0 Å². The molecule has 2 aromatic heterocycles. The quantitative estimate of drug-likeness (QED) is 0.761. The zero-order valence-corrected chi connectivity index (χ0v) is 15.1. The van der Waals surface area contributed by atoms with Crippen molar-refractivity contribution < 1.29 is 9.50 Å². The minimum atomic E-state index is -0.850. The van der Waals surface area contributed by atoms with Crippen molar-refractivity contribution in [3.8, 4) is 0 Å². The van der Waals surface area contributed by atoms with E-state index in [2.05, 4.69) is 15.0 Å². The number of aliphatic hydroxyl groups is 1. The lowest BCUT2D eigenvalue weighted by molar-refractivity contribution is 0.194. The maximum atomic E-state index is 13.3. The number of halogens is 2. The van der Waals surface area contributed by atoms with Crippen molar-refractivity contribution in [1.29, 1.82) is 0 Å². The van der Waals surface area contributed by atoms with Crippen LogP contribution in [0.1, 0.15) is 28.9 Å². The number of imidazole rings is 1. The Morgan fingerprint density at radius 3 is 2.88 bits per heavy atom. The highest BCUT2D eigenvalue weighted by Crippen LogP contribution is 2.24. The van der Waals surface area contributed by atoms with Crippen LogP contribution < -0.4 is 0 Å². The summed E-state index contributed by atoms with van der Waals surface area (Å²) in [6.45, 7) is 2.94. The van der Waals surface area contributed by atoms with Crippen LogP contribution >= 0.6 is 11.6 Å². The molecule has 0 fully saturated rings. The van der Waals surface area contributed by atoms with Gasteiger partial charge in [-0.1, -0.05) is 17.7 Å². The monoisotopic (exact) mass is 375 g/mol. The van der Waals surface area contributed by atoms with Gasteiger partial charge in [-0.2, -0.15) is 5.10 Å².